The molecule has 1 N–H and O–H groups in total. The van der Waals surface area contributed by atoms with Crippen LogP contribution in [0.15, 0.2) is 30.5 Å². The average molecular weight is 289 g/mol. The van der Waals surface area contributed by atoms with Gasteiger partial charge in [0.1, 0.15) is 10.9 Å². The van der Waals surface area contributed by atoms with Crippen LogP contribution < -0.4 is 4.74 Å². The maximum Gasteiger partial charge on any atom is 0.387 e. The summed E-state index contributed by atoms with van der Waals surface area (Å²) < 4.78 is 28.5. The second-order valence-corrected chi connectivity index (χ2v) is 3.90. The van der Waals surface area contributed by atoms with E-state index in [0.29, 0.717) is 5.56 Å². The first kappa shape index (κ1) is 13.3. The number of nitrogens with one attached hydrogen (secondary N) is 1. The van der Waals surface area contributed by atoms with Crippen molar-refractivity contribution in [1.82, 2.24) is 4.98 Å². The molecule has 100 valence electrons. The van der Waals surface area contributed by atoms with E-state index in [9.17, 15) is 18.9 Å². The predicted molar refractivity (Wildman–Crippen MR) is 64.5 cm³/mol. The number of halogens is 3. The molecular weight excluding hydrogens is 282 g/mol. The number of nitro groups is 1. The van der Waals surface area contributed by atoms with Gasteiger partial charge in [-0.25, -0.2) is 0 Å². The van der Waals surface area contributed by atoms with Crippen molar-refractivity contribution >= 4 is 17.3 Å². The number of benzene rings is 1. The number of hydrogen-bond donors (Lipinski definition) is 1. The number of aromatic amines is 1. The summed E-state index contributed by atoms with van der Waals surface area (Å²) in [6.45, 7) is -2.97. The maximum absolute atomic E-state index is 12.1. The number of rotatable bonds is 4. The van der Waals surface area contributed by atoms with E-state index in [1.165, 1.54) is 24.3 Å². The Labute approximate surface area is 110 Å². The Bertz CT molecular complexity index is 616. The summed E-state index contributed by atoms with van der Waals surface area (Å²) in [5.41, 5.74) is 0.210. The SMILES string of the molecule is O=[N+]([O-])c1c[nH]c(Cl)c1-c1cccc(OC(F)F)c1. The fraction of sp³-hybridized carbons (Fsp3) is 0.0909. The summed E-state index contributed by atoms with van der Waals surface area (Å²) in [6.07, 6.45) is 1.14. The number of alkyl halides is 2. The number of ether oxygens (including phenoxy) is 1. The van der Waals surface area contributed by atoms with Crippen molar-refractivity contribution in [2.75, 3.05) is 0 Å². The zero-order valence-electron chi connectivity index (χ0n) is 9.27. The van der Waals surface area contributed by atoms with Gasteiger partial charge in [-0.05, 0) is 17.7 Å². The topological polar surface area (TPSA) is 68.2 Å². The third-order valence-corrected chi connectivity index (χ3v) is 2.65. The van der Waals surface area contributed by atoms with Crippen LogP contribution in [0.2, 0.25) is 5.15 Å². The minimum Gasteiger partial charge on any atom is -0.435 e. The second-order valence-electron chi connectivity index (χ2n) is 3.53. The molecule has 2 rings (SSSR count). The highest BCUT2D eigenvalue weighted by Gasteiger charge is 2.21. The summed E-state index contributed by atoms with van der Waals surface area (Å²) in [7, 11) is 0. The van der Waals surface area contributed by atoms with E-state index in [1.807, 2.05) is 0 Å². The molecular formula is C11H7ClF2N2O3. The molecule has 8 heteroatoms. The van der Waals surface area contributed by atoms with Gasteiger partial charge in [0.2, 0.25) is 0 Å². The number of aromatic nitrogens is 1. The molecule has 0 fully saturated rings. The van der Waals surface area contributed by atoms with Crippen LogP contribution in [0.3, 0.4) is 0 Å². The minimum atomic E-state index is -2.97. The highest BCUT2D eigenvalue weighted by atomic mass is 35.5. The minimum absolute atomic E-state index is 0.0564. The van der Waals surface area contributed by atoms with Crippen molar-refractivity contribution in [1.29, 1.82) is 0 Å². The number of hydrogen-bond acceptors (Lipinski definition) is 3. The number of nitrogens with zero attached hydrogens (tertiary/aromatic N) is 1. The van der Waals surface area contributed by atoms with E-state index in [0.717, 1.165) is 6.20 Å². The smallest absolute Gasteiger partial charge is 0.387 e. The van der Waals surface area contributed by atoms with Crippen molar-refractivity contribution in [3.05, 3.63) is 45.7 Å². The molecule has 0 bridgehead atoms. The Morgan fingerprint density at radius 2 is 2.16 bits per heavy atom. The monoisotopic (exact) mass is 288 g/mol. The van der Waals surface area contributed by atoms with Crippen LogP contribution in [0, 0.1) is 10.1 Å². The second kappa shape index (κ2) is 5.23. The quantitative estimate of drug-likeness (QED) is 0.686. The molecule has 1 aromatic heterocycles. The van der Waals surface area contributed by atoms with Gasteiger partial charge in [0.05, 0.1) is 16.7 Å². The zero-order chi connectivity index (χ0) is 14.0. The predicted octanol–water partition coefficient (Wildman–Crippen LogP) is 3.84. The lowest BCUT2D eigenvalue weighted by Crippen LogP contribution is -2.01. The standard InChI is InChI=1S/C11H7ClF2N2O3/c12-10-9(8(5-15-10)16(17)18)6-2-1-3-7(4-6)19-11(13)14/h1-5,11,15H. The highest BCUT2D eigenvalue weighted by Crippen LogP contribution is 2.37. The van der Waals surface area contributed by atoms with Crippen LogP contribution in [0.5, 0.6) is 5.75 Å². The molecule has 0 saturated carbocycles. The van der Waals surface area contributed by atoms with Crippen LogP contribution in [0.4, 0.5) is 14.5 Å². The Hall–Kier alpha value is -2.15. The largest absolute Gasteiger partial charge is 0.435 e. The first-order chi connectivity index (χ1) is 8.99. The molecule has 19 heavy (non-hydrogen) atoms. The Morgan fingerprint density at radius 1 is 1.42 bits per heavy atom. The normalized spacial score (nSPS) is 10.7. The lowest BCUT2D eigenvalue weighted by Gasteiger charge is -2.06. The van der Waals surface area contributed by atoms with E-state index < -0.39 is 11.5 Å². The molecule has 0 radical (unpaired) electrons. The summed E-state index contributed by atoms with van der Waals surface area (Å²) in [5.74, 6) is -0.0981. The molecule has 0 saturated heterocycles. The molecule has 0 aliphatic carbocycles. The summed E-state index contributed by atoms with van der Waals surface area (Å²) >= 11 is 5.83. The first-order valence-electron chi connectivity index (χ1n) is 5.05. The van der Waals surface area contributed by atoms with Crippen LogP contribution in [0.1, 0.15) is 0 Å². The van der Waals surface area contributed by atoms with Gasteiger partial charge in [-0.1, -0.05) is 23.7 Å². The van der Waals surface area contributed by atoms with Crippen molar-refractivity contribution in [2.24, 2.45) is 0 Å². The Morgan fingerprint density at radius 3 is 2.79 bits per heavy atom. The lowest BCUT2D eigenvalue weighted by molar-refractivity contribution is -0.384. The number of H-pyrrole nitrogens is 1. The van der Waals surface area contributed by atoms with E-state index in [2.05, 4.69) is 9.72 Å². The molecule has 0 aliphatic heterocycles. The van der Waals surface area contributed by atoms with Crippen LogP contribution >= 0.6 is 11.6 Å². The van der Waals surface area contributed by atoms with Crippen molar-refractivity contribution < 1.29 is 18.4 Å². The van der Waals surface area contributed by atoms with Crippen LogP contribution in [0.25, 0.3) is 11.1 Å². The summed E-state index contributed by atoms with van der Waals surface area (Å²) in [6, 6.07) is 5.54. The van der Waals surface area contributed by atoms with Crippen LogP contribution in [-0.4, -0.2) is 16.5 Å². The molecule has 0 spiro atoms. The van der Waals surface area contributed by atoms with Gasteiger partial charge in [0.15, 0.2) is 0 Å². The van der Waals surface area contributed by atoms with E-state index in [1.54, 1.807) is 0 Å². The van der Waals surface area contributed by atoms with E-state index >= 15 is 0 Å². The molecule has 1 heterocycles. The van der Waals surface area contributed by atoms with Gasteiger partial charge in [-0.15, -0.1) is 0 Å². The molecule has 0 amide bonds. The van der Waals surface area contributed by atoms with Crippen LogP contribution in [-0.2, 0) is 0 Å². The molecule has 0 unspecified atom stereocenters. The van der Waals surface area contributed by atoms with Crippen molar-refractivity contribution in [3.63, 3.8) is 0 Å². The van der Waals surface area contributed by atoms with Gasteiger partial charge >= 0.3 is 6.61 Å². The van der Waals surface area contributed by atoms with Gasteiger partial charge in [0.25, 0.3) is 5.69 Å². The van der Waals surface area contributed by atoms with Crippen molar-refractivity contribution in [2.45, 2.75) is 6.61 Å². The Balaban J connectivity index is 2.47. The van der Waals surface area contributed by atoms with Gasteiger partial charge in [-0.2, -0.15) is 8.78 Å². The molecule has 0 aliphatic rings. The van der Waals surface area contributed by atoms with Gasteiger partial charge in [-0.3, -0.25) is 10.1 Å². The lowest BCUT2D eigenvalue weighted by atomic mass is 10.1. The molecule has 5 nitrogen and oxygen atoms in total. The van der Waals surface area contributed by atoms with E-state index in [-0.39, 0.29) is 22.2 Å². The molecule has 0 atom stereocenters. The van der Waals surface area contributed by atoms with Crippen molar-refractivity contribution in [3.8, 4) is 16.9 Å². The van der Waals surface area contributed by atoms with Gasteiger partial charge in [0, 0.05) is 0 Å². The fourth-order valence-electron chi connectivity index (χ4n) is 1.63. The molecule has 2 aromatic rings. The third kappa shape index (κ3) is 2.82. The molecule has 1 aromatic carbocycles. The third-order valence-electron chi connectivity index (χ3n) is 2.36. The van der Waals surface area contributed by atoms with E-state index in [4.69, 9.17) is 11.6 Å². The average Bonchev–Trinajstić information content (AvgIpc) is 2.70. The maximum atomic E-state index is 12.1. The Kier molecular flexibility index (Phi) is 3.66. The first-order valence-corrected chi connectivity index (χ1v) is 5.43. The summed E-state index contributed by atoms with van der Waals surface area (Å²) in [4.78, 5) is 12.7. The fourth-order valence-corrected chi connectivity index (χ4v) is 1.90. The van der Waals surface area contributed by atoms with Gasteiger partial charge < -0.3 is 9.72 Å². The zero-order valence-corrected chi connectivity index (χ0v) is 10.0. The highest BCUT2D eigenvalue weighted by molar-refractivity contribution is 6.32. The summed E-state index contributed by atoms with van der Waals surface area (Å²) in [5, 5.41) is 10.9.